The quantitative estimate of drug-likeness (QED) is 0.903. The maximum Gasteiger partial charge on any atom is 0.127 e. The fourth-order valence-electron chi connectivity index (χ4n) is 1.74. The molecule has 0 radical (unpaired) electrons. The van der Waals surface area contributed by atoms with Crippen molar-refractivity contribution in [2.45, 2.75) is 19.8 Å². The molecule has 0 aliphatic rings. The molecule has 0 aliphatic heterocycles. The van der Waals surface area contributed by atoms with Gasteiger partial charge in [-0.05, 0) is 30.2 Å². The smallest absolute Gasteiger partial charge is 0.127 e. The van der Waals surface area contributed by atoms with Crippen LogP contribution in [0.5, 0.6) is 0 Å². The number of hydrogen-bond acceptors (Lipinski definition) is 2. The zero-order valence-corrected chi connectivity index (χ0v) is 11.3. The topological polar surface area (TPSA) is 38.9 Å². The first-order valence-electron chi connectivity index (χ1n) is 5.16. The summed E-state index contributed by atoms with van der Waals surface area (Å²) in [7, 11) is 0. The Kier molecular flexibility index (Phi) is 3.36. The lowest BCUT2D eigenvalue weighted by Crippen LogP contribution is -1.98. The standard InChI is InChI=1S/C12H12BrClN2/c1-2-3-7-4-8-5-9(13)6-10(14)11(8)16-12(7)15/h4-6H,2-3H2,1H3,(H2,15,16). The number of benzene rings is 1. The number of nitrogen functional groups attached to an aromatic ring is 1. The molecule has 0 bridgehead atoms. The van der Waals surface area contributed by atoms with E-state index in [1.165, 1.54) is 0 Å². The highest BCUT2D eigenvalue weighted by Crippen LogP contribution is 2.29. The number of anilines is 1. The van der Waals surface area contributed by atoms with E-state index in [1.54, 1.807) is 0 Å². The average Bonchev–Trinajstić information content (AvgIpc) is 2.21. The summed E-state index contributed by atoms with van der Waals surface area (Å²) >= 11 is 9.54. The second kappa shape index (κ2) is 4.60. The van der Waals surface area contributed by atoms with Crippen LogP contribution < -0.4 is 5.73 Å². The maximum absolute atomic E-state index is 6.12. The van der Waals surface area contributed by atoms with Crippen LogP contribution in [0.3, 0.4) is 0 Å². The zero-order chi connectivity index (χ0) is 11.7. The van der Waals surface area contributed by atoms with Gasteiger partial charge in [-0.3, -0.25) is 0 Å². The van der Waals surface area contributed by atoms with E-state index in [4.69, 9.17) is 17.3 Å². The maximum atomic E-state index is 6.12. The van der Waals surface area contributed by atoms with Crippen LogP contribution in [0.1, 0.15) is 18.9 Å². The summed E-state index contributed by atoms with van der Waals surface area (Å²) < 4.78 is 0.957. The van der Waals surface area contributed by atoms with Gasteiger partial charge in [0.25, 0.3) is 0 Å². The lowest BCUT2D eigenvalue weighted by atomic mass is 10.1. The SMILES string of the molecule is CCCc1cc2cc(Br)cc(Cl)c2nc1N. The number of nitrogens with zero attached hydrogens (tertiary/aromatic N) is 1. The molecule has 4 heteroatoms. The van der Waals surface area contributed by atoms with Crippen molar-refractivity contribution < 1.29 is 0 Å². The number of pyridine rings is 1. The van der Waals surface area contributed by atoms with Crippen LogP contribution in [0, 0.1) is 0 Å². The molecule has 2 rings (SSSR count). The molecule has 0 unspecified atom stereocenters. The number of halogens is 2. The first-order chi connectivity index (χ1) is 7.61. The fourth-order valence-corrected chi connectivity index (χ4v) is 2.61. The zero-order valence-electron chi connectivity index (χ0n) is 8.93. The average molecular weight is 300 g/mol. The van der Waals surface area contributed by atoms with E-state index >= 15 is 0 Å². The fraction of sp³-hybridized carbons (Fsp3) is 0.250. The highest BCUT2D eigenvalue weighted by molar-refractivity contribution is 9.10. The van der Waals surface area contributed by atoms with Crippen molar-refractivity contribution in [3.63, 3.8) is 0 Å². The first kappa shape index (κ1) is 11.7. The Bertz CT molecular complexity index is 540. The second-order valence-corrected chi connectivity index (χ2v) is 5.06. The molecule has 0 atom stereocenters. The van der Waals surface area contributed by atoms with Crippen molar-refractivity contribution in [1.29, 1.82) is 0 Å². The Labute approximate surface area is 108 Å². The van der Waals surface area contributed by atoms with Crippen LogP contribution in [0.2, 0.25) is 5.02 Å². The van der Waals surface area contributed by atoms with Gasteiger partial charge in [0.1, 0.15) is 5.82 Å². The van der Waals surface area contributed by atoms with E-state index in [2.05, 4.69) is 33.9 Å². The molecule has 2 nitrogen and oxygen atoms in total. The van der Waals surface area contributed by atoms with Crippen molar-refractivity contribution in [2.75, 3.05) is 5.73 Å². The minimum atomic E-state index is 0.582. The van der Waals surface area contributed by atoms with Crippen molar-refractivity contribution in [2.24, 2.45) is 0 Å². The Balaban J connectivity index is 2.69. The largest absolute Gasteiger partial charge is 0.383 e. The van der Waals surface area contributed by atoms with Gasteiger partial charge in [0, 0.05) is 9.86 Å². The molecule has 1 aromatic carbocycles. The van der Waals surface area contributed by atoms with Gasteiger partial charge in [0.15, 0.2) is 0 Å². The number of fused-ring (bicyclic) bond motifs is 1. The highest BCUT2D eigenvalue weighted by atomic mass is 79.9. The predicted octanol–water partition coefficient (Wildman–Crippen LogP) is 4.19. The number of aromatic nitrogens is 1. The number of rotatable bonds is 2. The molecule has 0 fully saturated rings. The third-order valence-electron chi connectivity index (χ3n) is 2.47. The minimum Gasteiger partial charge on any atom is -0.383 e. The second-order valence-electron chi connectivity index (χ2n) is 3.74. The summed E-state index contributed by atoms with van der Waals surface area (Å²) in [6, 6.07) is 5.90. The highest BCUT2D eigenvalue weighted by Gasteiger charge is 2.07. The lowest BCUT2D eigenvalue weighted by molar-refractivity contribution is 0.921. The van der Waals surface area contributed by atoms with E-state index in [1.807, 2.05) is 12.1 Å². The molecular weight excluding hydrogens is 288 g/mol. The Morgan fingerprint density at radius 1 is 1.38 bits per heavy atom. The molecule has 2 N–H and O–H groups in total. The van der Waals surface area contributed by atoms with Gasteiger partial charge in [0.2, 0.25) is 0 Å². The van der Waals surface area contributed by atoms with Crippen molar-refractivity contribution in [3.05, 3.63) is 33.3 Å². The van der Waals surface area contributed by atoms with Crippen LogP contribution in [-0.4, -0.2) is 4.98 Å². The molecule has 2 aromatic rings. The van der Waals surface area contributed by atoms with Crippen molar-refractivity contribution in [1.82, 2.24) is 4.98 Å². The number of nitrogens with two attached hydrogens (primary N) is 1. The third-order valence-corrected chi connectivity index (χ3v) is 3.21. The van der Waals surface area contributed by atoms with Gasteiger partial charge in [-0.25, -0.2) is 4.98 Å². The molecule has 0 spiro atoms. The van der Waals surface area contributed by atoms with Crippen LogP contribution in [0.4, 0.5) is 5.82 Å². The molecule has 0 aliphatic carbocycles. The normalized spacial score (nSPS) is 10.9. The Hall–Kier alpha value is -0.800. The van der Waals surface area contributed by atoms with Gasteiger partial charge in [0.05, 0.1) is 10.5 Å². The van der Waals surface area contributed by atoms with Gasteiger partial charge in [-0.15, -0.1) is 0 Å². The summed E-state index contributed by atoms with van der Waals surface area (Å²) in [5.41, 5.74) is 7.75. The molecule has 84 valence electrons. The minimum absolute atomic E-state index is 0.582. The van der Waals surface area contributed by atoms with Crippen LogP contribution in [0.25, 0.3) is 10.9 Å². The summed E-state index contributed by atoms with van der Waals surface area (Å²) in [5.74, 6) is 0.582. The first-order valence-corrected chi connectivity index (χ1v) is 6.33. The molecule has 0 saturated heterocycles. The van der Waals surface area contributed by atoms with Gasteiger partial charge in [-0.2, -0.15) is 0 Å². The Morgan fingerprint density at radius 2 is 2.12 bits per heavy atom. The monoisotopic (exact) mass is 298 g/mol. The lowest BCUT2D eigenvalue weighted by Gasteiger charge is -2.07. The van der Waals surface area contributed by atoms with Crippen LogP contribution >= 0.6 is 27.5 Å². The molecule has 0 amide bonds. The molecule has 0 saturated carbocycles. The molecule has 1 aromatic heterocycles. The number of hydrogen-bond donors (Lipinski definition) is 1. The van der Waals surface area contributed by atoms with Gasteiger partial charge in [-0.1, -0.05) is 40.9 Å². The molecule has 1 heterocycles. The molecule has 16 heavy (non-hydrogen) atoms. The summed E-state index contributed by atoms with van der Waals surface area (Å²) in [6.45, 7) is 2.12. The van der Waals surface area contributed by atoms with E-state index in [0.717, 1.165) is 33.8 Å². The van der Waals surface area contributed by atoms with Gasteiger partial charge < -0.3 is 5.73 Å². The van der Waals surface area contributed by atoms with Crippen LogP contribution in [-0.2, 0) is 6.42 Å². The third kappa shape index (κ3) is 2.15. The summed E-state index contributed by atoms with van der Waals surface area (Å²) in [5, 5.41) is 1.65. The summed E-state index contributed by atoms with van der Waals surface area (Å²) in [4.78, 5) is 4.36. The van der Waals surface area contributed by atoms with E-state index < -0.39 is 0 Å². The van der Waals surface area contributed by atoms with E-state index in [9.17, 15) is 0 Å². The summed E-state index contributed by atoms with van der Waals surface area (Å²) in [6.07, 6.45) is 2.00. The molecular formula is C12H12BrClN2. The van der Waals surface area contributed by atoms with Crippen molar-refractivity contribution >= 4 is 44.3 Å². The van der Waals surface area contributed by atoms with Gasteiger partial charge >= 0.3 is 0 Å². The van der Waals surface area contributed by atoms with Crippen molar-refractivity contribution in [3.8, 4) is 0 Å². The predicted molar refractivity (Wildman–Crippen MR) is 72.9 cm³/mol. The van der Waals surface area contributed by atoms with E-state index in [-0.39, 0.29) is 0 Å². The Morgan fingerprint density at radius 3 is 2.81 bits per heavy atom. The number of aryl methyl sites for hydroxylation is 1. The van der Waals surface area contributed by atoms with Crippen LogP contribution in [0.15, 0.2) is 22.7 Å². The van der Waals surface area contributed by atoms with E-state index in [0.29, 0.717) is 10.8 Å².